The summed E-state index contributed by atoms with van der Waals surface area (Å²) in [4.78, 5) is 19.7. The van der Waals surface area contributed by atoms with Crippen molar-refractivity contribution in [1.82, 2.24) is 30.1 Å². The monoisotopic (exact) mass is 551 g/mol. The molecule has 0 radical (unpaired) electrons. The summed E-state index contributed by atoms with van der Waals surface area (Å²) in [7, 11) is 0. The molecule has 0 atom stereocenters. The fourth-order valence-corrected chi connectivity index (χ4v) is 5.83. The van der Waals surface area contributed by atoms with Crippen LogP contribution in [0.1, 0.15) is 17.4 Å². The van der Waals surface area contributed by atoms with E-state index in [1.54, 1.807) is 17.5 Å². The second kappa shape index (κ2) is 10.0. The first-order valence-corrected chi connectivity index (χ1v) is 13.9. The third kappa shape index (κ3) is 4.60. The number of hydrogen-bond acceptors (Lipinski definition) is 6. The topological polar surface area (TPSA) is 95.2 Å². The maximum Gasteiger partial charge on any atom is 0.116 e. The maximum atomic E-state index is 4.71. The summed E-state index contributed by atoms with van der Waals surface area (Å²) in [6.07, 6.45) is 7.24. The van der Waals surface area contributed by atoms with Crippen LogP contribution in [0.15, 0.2) is 105 Å². The van der Waals surface area contributed by atoms with Gasteiger partial charge in [0.15, 0.2) is 0 Å². The van der Waals surface area contributed by atoms with Gasteiger partial charge in [-0.2, -0.15) is 5.10 Å². The third-order valence-electron chi connectivity index (χ3n) is 6.96. The molecule has 7 rings (SSSR count). The van der Waals surface area contributed by atoms with E-state index in [4.69, 9.17) is 4.98 Å². The van der Waals surface area contributed by atoms with Gasteiger partial charge in [-0.15, -0.1) is 11.3 Å². The highest BCUT2D eigenvalue weighted by atomic mass is 32.1. The lowest BCUT2D eigenvalue weighted by Crippen LogP contribution is -1.98. The lowest BCUT2D eigenvalue weighted by molar-refractivity contribution is 1.11. The van der Waals surface area contributed by atoms with Crippen LogP contribution in [0.4, 0.5) is 5.69 Å². The number of thiophene rings is 1. The zero-order valence-electron chi connectivity index (χ0n) is 22.3. The second-order valence-electron chi connectivity index (χ2n) is 9.87. The zero-order valence-corrected chi connectivity index (χ0v) is 23.1. The molecule has 7 aromatic rings. The molecule has 198 valence electrons. The Labute approximate surface area is 240 Å². The van der Waals surface area contributed by atoms with Gasteiger partial charge in [-0.3, -0.25) is 20.1 Å². The molecular weight excluding hydrogens is 526 g/mol. The Morgan fingerprint density at radius 3 is 2.54 bits per heavy atom. The zero-order chi connectivity index (χ0) is 27.9. The minimum atomic E-state index is 0.797. The van der Waals surface area contributed by atoms with Gasteiger partial charge in [-0.25, -0.2) is 0 Å². The number of nitrogens with zero attached hydrogens (tertiary/aromatic N) is 4. The van der Waals surface area contributed by atoms with Crippen LogP contribution < -0.4 is 5.32 Å². The first-order valence-electron chi connectivity index (χ1n) is 13.1. The van der Waals surface area contributed by atoms with E-state index in [1.807, 2.05) is 74.0 Å². The predicted molar refractivity (Wildman–Crippen MR) is 169 cm³/mol. The van der Waals surface area contributed by atoms with Gasteiger partial charge in [-0.1, -0.05) is 43.5 Å². The highest BCUT2D eigenvalue weighted by molar-refractivity contribution is 7.16. The molecule has 8 heteroatoms. The van der Waals surface area contributed by atoms with Crippen molar-refractivity contribution in [3.8, 4) is 33.2 Å². The van der Waals surface area contributed by atoms with Crippen molar-refractivity contribution in [3.05, 3.63) is 115 Å². The van der Waals surface area contributed by atoms with E-state index in [2.05, 4.69) is 61.8 Å². The summed E-state index contributed by atoms with van der Waals surface area (Å²) < 4.78 is 0. The van der Waals surface area contributed by atoms with Crippen LogP contribution in [0.3, 0.4) is 0 Å². The number of pyridine rings is 3. The number of nitrogens with one attached hydrogen (secondary N) is 3. The standard InChI is InChI=1S/C33H25N7S/c1-19(2)30-9-10-31(41-30)33-24-15-28(38-26(24)11-12-35-33)32-25-14-27(36-18-29(25)39-40-32)22-13-23(17-34-16-22)37-20(3)21-7-5-4-6-8-21/h4-18,37-38H,1,3H2,2H3,(H,39,40). The maximum absolute atomic E-state index is 4.71. The molecule has 0 saturated heterocycles. The molecule has 0 bridgehead atoms. The largest absolute Gasteiger partial charge is 0.354 e. The van der Waals surface area contributed by atoms with Gasteiger partial charge in [-0.05, 0) is 54.5 Å². The molecule has 0 aliphatic carbocycles. The third-order valence-corrected chi connectivity index (χ3v) is 8.22. The number of anilines is 1. The van der Waals surface area contributed by atoms with Gasteiger partial charge in [0, 0.05) is 44.8 Å². The molecule has 0 fully saturated rings. The molecule has 41 heavy (non-hydrogen) atoms. The van der Waals surface area contributed by atoms with Crippen molar-refractivity contribution in [2.75, 3.05) is 5.32 Å². The summed E-state index contributed by atoms with van der Waals surface area (Å²) >= 11 is 1.70. The van der Waals surface area contributed by atoms with Gasteiger partial charge >= 0.3 is 0 Å². The van der Waals surface area contributed by atoms with Crippen LogP contribution in [-0.4, -0.2) is 30.1 Å². The van der Waals surface area contributed by atoms with E-state index in [9.17, 15) is 0 Å². The number of benzene rings is 1. The Bertz CT molecular complexity index is 2080. The van der Waals surface area contributed by atoms with Crippen LogP contribution in [0.25, 0.3) is 66.3 Å². The van der Waals surface area contributed by atoms with Gasteiger partial charge in [0.1, 0.15) is 5.69 Å². The minimum absolute atomic E-state index is 0.797. The lowest BCUT2D eigenvalue weighted by Gasteiger charge is -2.10. The van der Waals surface area contributed by atoms with Crippen LogP contribution >= 0.6 is 11.3 Å². The summed E-state index contributed by atoms with van der Waals surface area (Å²) in [6.45, 7) is 10.3. The van der Waals surface area contributed by atoms with Crippen molar-refractivity contribution >= 4 is 50.1 Å². The summed E-state index contributed by atoms with van der Waals surface area (Å²) in [6, 6.07) is 22.4. The van der Waals surface area contributed by atoms with Crippen molar-refractivity contribution in [2.24, 2.45) is 0 Å². The van der Waals surface area contributed by atoms with Crippen LogP contribution in [0.5, 0.6) is 0 Å². The molecule has 0 amide bonds. The SMILES string of the molecule is C=C(Nc1cncc(-c2cc3c(-c4cc5c(-c6ccc(C(=C)C)s6)nccc5[nH]4)n[nH]c3cn2)c1)c1ccccc1. The van der Waals surface area contributed by atoms with Crippen molar-refractivity contribution < 1.29 is 0 Å². The molecule has 0 spiro atoms. The lowest BCUT2D eigenvalue weighted by atomic mass is 10.1. The van der Waals surface area contributed by atoms with E-state index >= 15 is 0 Å². The molecule has 7 nitrogen and oxygen atoms in total. The average Bonchev–Trinajstić information content (AvgIpc) is 3.75. The van der Waals surface area contributed by atoms with Crippen molar-refractivity contribution in [2.45, 2.75) is 6.92 Å². The van der Waals surface area contributed by atoms with Gasteiger partial charge in [0.25, 0.3) is 0 Å². The summed E-state index contributed by atoms with van der Waals surface area (Å²) in [5.74, 6) is 0. The average molecular weight is 552 g/mol. The number of aromatic nitrogens is 6. The Balaban J connectivity index is 1.24. The number of allylic oxidation sites excluding steroid dienone is 1. The van der Waals surface area contributed by atoms with Crippen LogP contribution in [0.2, 0.25) is 0 Å². The molecule has 0 unspecified atom stereocenters. The van der Waals surface area contributed by atoms with Crippen LogP contribution in [0, 0.1) is 0 Å². The number of fused-ring (bicyclic) bond motifs is 2. The van der Waals surface area contributed by atoms with Crippen molar-refractivity contribution in [1.29, 1.82) is 0 Å². The Kier molecular flexibility index (Phi) is 6.02. The first-order chi connectivity index (χ1) is 20.0. The van der Waals surface area contributed by atoms with Crippen LogP contribution in [-0.2, 0) is 0 Å². The fraction of sp³-hybridized carbons (Fsp3) is 0.0303. The minimum Gasteiger partial charge on any atom is -0.354 e. The number of aromatic amines is 2. The van der Waals surface area contributed by atoms with E-state index in [-0.39, 0.29) is 0 Å². The van der Waals surface area contributed by atoms with E-state index in [0.717, 1.165) is 82.4 Å². The Morgan fingerprint density at radius 1 is 0.854 bits per heavy atom. The smallest absolute Gasteiger partial charge is 0.116 e. The molecule has 0 aliphatic rings. The second-order valence-corrected chi connectivity index (χ2v) is 11.0. The van der Waals surface area contributed by atoms with E-state index in [1.165, 1.54) is 0 Å². The molecule has 1 aromatic carbocycles. The molecule has 6 heterocycles. The number of rotatable bonds is 7. The highest BCUT2D eigenvalue weighted by Crippen LogP contribution is 2.37. The summed E-state index contributed by atoms with van der Waals surface area (Å²) in [5.41, 5.74) is 9.91. The van der Waals surface area contributed by atoms with Gasteiger partial charge in [0.2, 0.25) is 0 Å². The quantitative estimate of drug-likeness (QED) is 0.185. The van der Waals surface area contributed by atoms with Gasteiger partial charge < -0.3 is 10.3 Å². The normalized spacial score (nSPS) is 11.2. The van der Waals surface area contributed by atoms with E-state index < -0.39 is 0 Å². The van der Waals surface area contributed by atoms with Crippen molar-refractivity contribution in [3.63, 3.8) is 0 Å². The molecule has 3 N–H and O–H groups in total. The number of H-pyrrole nitrogens is 2. The Morgan fingerprint density at radius 2 is 1.71 bits per heavy atom. The molecule has 0 aliphatic heterocycles. The molecule has 6 aromatic heterocycles. The van der Waals surface area contributed by atoms with E-state index in [0.29, 0.717) is 0 Å². The Hall–Kier alpha value is -5.34. The molecular formula is C33H25N7S. The van der Waals surface area contributed by atoms with Gasteiger partial charge in [0.05, 0.1) is 45.6 Å². The number of hydrogen-bond donors (Lipinski definition) is 3. The predicted octanol–water partition coefficient (Wildman–Crippen LogP) is 8.41. The summed E-state index contributed by atoms with van der Waals surface area (Å²) in [5, 5.41) is 13.2. The fourth-order valence-electron chi connectivity index (χ4n) is 4.89. The molecule has 0 saturated carbocycles. The first kappa shape index (κ1) is 24.7. The highest BCUT2D eigenvalue weighted by Gasteiger charge is 2.16.